The van der Waals surface area contributed by atoms with Crippen LogP contribution in [0.4, 0.5) is 11.4 Å². The Bertz CT molecular complexity index is 1580. The van der Waals surface area contributed by atoms with Crippen LogP contribution in [0.2, 0.25) is 0 Å². The molecule has 2 aliphatic heterocycles. The highest BCUT2D eigenvalue weighted by molar-refractivity contribution is 7.48. The number of benzene rings is 2. The fourth-order valence-electron chi connectivity index (χ4n) is 5.49. The van der Waals surface area contributed by atoms with Crippen LogP contribution in [0.15, 0.2) is 24.3 Å². The lowest BCUT2D eigenvalue weighted by molar-refractivity contribution is -0.385. The van der Waals surface area contributed by atoms with Gasteiger partial charge in [0.05, 0.1) is 61.6 Å². The van der Waals surface area contributed by atoms with Crippen LogP contribution in [0.3, 0.4) is 0 Å². The number of methoxy groups -OCH3 is 2. The second kappa shape index (κ2) is 17.8. The summed E-state index contributed by atoms with van der Waals surface area (Å²) in [6.07, 6.45) is -18.6. The molecule has 2 heterocycles. The van der Waals surface area contributed by atoms with Gasteiger partial charge in [-0.05, 0) is 37.1 Å². The maximum atomic E-state index is 14.2. The molecular formula is C30H41N2O20P. The van der Waals surface area contributed by atoms with Gasteiger partial charge in [0.1, 0.15) is 60.3 Å². The zero-order valence-corrected chi connectivity index (χ0v) is 29.6. The van der Waals surface area contributed by atoms with E-state index in [9.17, 15) is 60.5 Å². The molecule has 0 aromatic heterocycles. The molecule has 0 saturated carbocycles. The maximum Gasteiger partial charge on any atom is 0.475 e. The Hall–Kier alpha value is -3.45. The number of phosphoric ester groups is 1. The summed E-state index contributed by atoms with van der Waals surface area (Å²) in [5.41, 5.74) is -0.412. The predicted molar refractivity (Wildman–Crippen MR) is 173 cm³/mol. The molecule has 22 nitrogen and oxygen atoms in total. The highest BCUT2D eigenvalue weighted by Gasteiger charge is 2.50. The van der Waals surface area contributed by atoms with Crippen molar-refractivity contribution in [3.8, 4) is 11.5 Å². The fourth-order valence-corrected chi connectivity index (χ4v) is 6.64. The quantitative estimate of drug-likeness (QED) is 0.0648. The normalized spacial score (nSPS) is 29.1. The van der Waals surface area contributed by atoms with Gasteiger partial charge in [0.25, 0.3) is 11.4 Å². The molecule has 0 radical (unpaired) electrons. The van der Waals surface area contributed by atoms with E-state index in [-0.39, 0.29) is 22.6 Å². The number of nitro groups is 2. The minimum absolute atomic E-state index is 0.145. The van der Waals surface area contributed by atoms with Gasteiger partial charge in [-0.15, -0.1) is 0 Å². The third-order valence-electron chi connectivity index (χ3n) is 8.52. The smallest absolute Gasteiger partial charge is 0.475 e. The molecule has 0 aliphatic carbocycles. The molecule has 2 saturated heterocycles. The van der Waals surface area contributed by atoms with E-state index < -0.39 is 117 Å². The van der Waals surface area contributed by atoms with E-state index in [2.05, 4.69) is 0 Å². The van der Waals surface area contributed by atoms with Crippen molar-refractivity contribution in [3.63, 3.8) is 0 Å². The van der Waals surface area contributed by atoms with Crippen LogP contribution < -0.4 is 9.47 Å². The number of nitro benzene ring substituents is 2. The van der Waals surface area contributed by atoms with Crippen LogP contribution >= 0.6 is 7.82 Å². The van der Waals surface area contributed by atoms with Crippen molar-refractivity contribution in [1.29, 1.82) is 0 Å². The van der Waals surface area contributed by atoms with Gasteiger partial charge in [-0.3, -0.25) is 33.8 Å². The molecule has 2 aromatic carbocycles. The van der Waals surface area contributed by atoms with E-state index in [0.29, 0.717) is 11.1 Å². The van der Waals surface area contributed by atoms with E-state index in [1.54, 1.807) is 13.8 Å². The number of hydrogen-bond acceptors (Lipinski definition) is 20. The zero-order valence-electron chi connectivity index (χ0n) is 28.7. The van der Waals surface area contributed by atoms with Gasteiger partial charge in [0.15, 0.2) is 12.6 Å². The molecule has 0 spiro atoms. The lowest BCUT2D eigenvalue weighted by Gasteiger charge is -2.44. The van der Waals surface area contributed by atoms with E-state index in [1.807, 2.05) is 0 Å². The molecule has 53 heavy (non-hydrogen) atoms. The first-order chi connectivity index (χ1) is 24.9. The molecule has 4 rings (SSSR count). The van der Waals surface area contributed by atoms with Crippen molar-refractivity contribution in [1.82, 2.24) is 0 Å². The molecule has 5 unspecified atom stereocenters. The van der Waals surface area contributed by atoms with Crippen molar-refractivity contribution in [3.05, 3.63) is 66.7 Å². The lowest BCUT2D eigenvalue weighted by Crippen LogP contribution is -2.63. The summed E-state index contributed by atoms with van der Waals surface area (Å²) >= 11 is 0. The molecule has 296 valence electrons. The van der Waals surface area contributed by atoms with Crippen LogP contribution in [0.5, 0.6) is 11.5 Å². The number of hydrogen-bond donors (Lipinski definition) is 7. The van der Waals surface area contributed by atoms with Gasteiger partial charge in [-0.2, -0.15) is 0 Å². The van der Waals surface area contributed by atoms with Gasteiger partial charge in [-0.25, -0.2) is 4.57 Å². The number of nitrogens with zero attached hydrogens (tertiary/aromatic N) is 2. The second-order valence-corrected chi connectivity index (χ2v) is 13.7. The summed E-state index contributed by atoms with van der Waals surface area (Å²) in [4.78, 5) is 22.2. The molecular weight excluding hydrogens is 739 g/mol. The second-order valence-electron chi connectivity index (χ2n) is 12.1. The van der Waals surface area contributed by atoms with Gasteiger partial charge >= 0.3 is 7.82 Å². The van der Waals surface area contributed by atoms with Crippen LogP contribution in [0.1, 0.15) is 22.3 Å². The summed E-state index contributed by atoms with van der Waals surface area (Å²) < 4.78 is 57.2. The van der Waals surface area contributed by atoms with Crippen LogP contribution in [0.25, 0.3) is 0 Å². The van der Waals surface area contributed by atoms with Gasteiger partial charge in [0, 0.05) is 12.1 Å². The van der Waals surface area contributed by atoms with Crippen molar-refractivity contribution < 1.29 is 87.4 Å². The van der Waals surface area contributed by atoms with Gasteiger partial charge in [0.2, 0.25) is 0 Å². The van der Waals surface area contributed by atoms with E-state index in [4.69, 9.17) is 37.3 Å². The predicted octanol–water partition coefficient (Wildman–Crippen LogP) is -0.381. The van der Waals surface area contributed by atoms with Crippen LogP contribution in [-0.2, 0) is 45.6 Å². The number of rotatable bonds is 16. The van der Waals surface area contributed by atoms with Gasteiger partial charge < -0.3 is 59.4 Å². The first-order valence-electron chi connectivity index (χ1n) is 15.8. The molecule has 0 amide bonds. The van der Waals surface area contributed by atoms with E-state index in [0.717, 1.165) is 0 Å². The Morgan fingerprint density at radius 1 is 0.679 bits per heavy atom. The molecule has 23 heteroatoms. The van der Waals surface area contributed by atoms with Crippen molar-refractivity contribution in [2.45, 2.75) is 88.5 Å². The first kappa shape index (κ1) is 42.3. The van der Waals surface area contributed by atoms with E-state index >= 15 is 0 Å². The average molecular weight is 781 g/mol. The van der Waals surface area contributed by atoms with Crippen molar-refractivity contribution >= 4 is 19.2 Å². The Balaban J connectivity index is 1.60. The molecule has 7 N–H and O–H groups in total. The highest BCUT2D eigenvalue weighted by atomic mass is 31.2. The van der Waals surface area contributed by atoms with Crippen molar-refractivity contribution in [2.24, 2.45) is 0 Å². The first-order valence-corrected chi connectivity index (χ1v) is 17.2. The molecule has 10 atom stereocenters. The van der Waals surface area contributed by atoms with E-state index in [1.165, 1.54) is 38.5 Å². The van der Waals surface area contributed by atoms with Crippen LogP contribution in [-0.4, -0.2) is 134 Å². The largest absolute Gasteiger partial charge is 0.496 e. The summed E-state index contributed by atoms with van der Waals surface area (Å²) in [7, 11) is -2.37. The Labute approximate surface area is 300 Å². The molecule has 2 aliphatic rings. The Morgan fingerprint density at radius 2 is 1.09 bits per heavy atom. The number of ether oxygens (including phenoxy) is 5. The minimum Gasteiger partial charge on any atom is -0.496 e. The number of aliphatic hydroxyl groups is 7. The SMILES string of the molecule is COc1cc(COP(=O)(OCc2cc(OC)c(C)cc2[N+](=O)[O-])OCC2O[C@H](O[C@H]3OC(CO)[C@@H](O)C(O)C3O)C(O)[C@@H](O)[C@@H]2O)c([N+](=O)[O-])cc1C. The highest BCUT2D eigenvalue weighted by Crippen LogP contribution is 2.52. The number of aryl methyl sites for hydroxylation is 2. The Kier molecular flexibility index (Phi) is 14.2. The average Bonchev–Trinajstić information content (AvgIpc) is 3.13. The summed E-state index contributed by atoms with van der Waals surface area (Å²) in [6.45, 7) is -0.306. The standard InChI is InChI=1S/C30H41N2O20P/c1-13-5-17(31(40)41)15(7-19(13)45-3)10-47-53(44,48-11-16-8-20(46-4)14(2)6-18(16)32(42)43)49-12-22-24(35)26(37)28(39)30(51-22)52-29-27(38)25(36)23(34)21(9-33)50-29/h5-8,21-30,33-39H,9-12H2,1-4H3/t21?,22?,23-,24-,25?,26+,27?,28?,29-,30-/m1/s1. The summed E-state index contributed by atoms with van der Waals surface area (Å²) in [5.74, 6) is 0.426. The third-order valence-corrected chi connectivity index (χ3v) is 9.88. The van der Waals surface area contributed by atoms with Crippen LogP contribution in [0, 0.1) is 34.1 Å². The number of phosphoric acid groups is 1. The maximum absolute atomic E-state index is 14.2. The van der Waals surface area contributed by atoms with Gasteiger partial charge in [-0.1, -0.05) is 0 Å². The monoisotopic (exact) mass is 780 g/mol. The zero-order chi connectivity index (χ0) is 39.4. The lowest BCUT2D eigenvalue weighted by atomic mass is 9.98. The third kappa shape index (κ3) is 9.62. The van der Waals surface area contributed by atoms with Crippen molar-refractivity contribution in [2.75, 3.05) is 27.4 Å². The number of aliphatic hydroxyl groups excluding tert-OH is 7. The Morgan fingerprint density at radius 3 is 1.49 bits per heavy atom. The molecule has 2 fully saturated rings. The summed E-state index contributed by atoms with van der Waals surface area (Å²) in [5, 5.41) is 95.5. The minimum atomic E-state index is -5.00. The molecule has 0 bridgehead atoms. The topological polar surface area (TPSA) is 319 Å². The summed E-state index contributed by atoms with van der Waals surface area (Å²) in [6, 6.07) is 4.86. The molecule has 2 aromatic rings. The fraction of sp³-hybridized carbons (Fsp3) is 0.600.